The summed E-state index contributed by atoms with van der Waals surface area (Å²) >= 11 is 0. The zero-order chi connectivity index (χ0) is 13.5. The van der Waals surface area contributed by atoms with Gasteiger partial charge in [-0.3, -0.25) is 9.59 Å². The Labute approximate surface area is 103 Å². The topological polar surface area (TPSA) is 64.6 Å². The minimum atomic E-state index is -0.792. The first-order chi connectivity index (χ1) is 7.84. The Kier molecular flexibility index (Phi) is 6.80. The van der Waals surface area contributed by atoms with E-state index in [1.54, 1.807) is 14.0 Å². The zero-order valence-corrected chi connectivity index (χ0v) is 11.3. The van der Waals surface area contributed by atoms with Crippen LogP contribution in [-0.4, -0.2) is 38.7 Å². The molecule has 17 heavy (non-hydrogen) atoms. The highest BCUT2D eigenvalue weighted by atomic mass is 16.5. The summed E-state index contributed by atoms with van der Waals surface area (Å²) in [5, 5.41) is 2.66. The van der Waals surface area contributed by atoms with Gasteiger partial charge >= 0.3 is 5.97 Å². The van der Waals surface area contributed by atoms with Crippen molar-refractivity contribution >= 4 is 11.9 Å². The molecule has 0 aliphatic heterocycles. The molecule has 0 aromatic rings. The third-order valence-corrected chi connectivity index (χ3v) is 2.26. The van der Waals surface area contributed by atoms with Crippen molar-refractivity contribution in [1.29, 1.82) is 0 Å². The molecular formula is C12H23NO4. The van der Waals surface area contributed by atoms with Gasteiger partial charge in [-0.05, 0) is 12.3 Å². The molecule has 1 amide bonds. The number of nitrogens with one attached hydrogen (secondary N) is 1. The molecule has 0 heterocycles. The van der Waals surface area contributed by atoms with Crippen LogP contribution in [0, 0.1) is 11.3 Å². The van der Waals surface area contributed by atoms with Gasteiger partial charge in [-0.15, -0.1) is 0 Å². The fourth-order valence-electron chi connectivity index (χ4n) is 1.46. The summed E-state index contributed by atoms with van der Waals surface area (Å²) in [6.45, 7) is 8.32. The van der Waals surface area contributed by atoms with E-state index in [1.807, 2.05) is 20.8 Å². The number of amides is 1. The molecule has 0 aliphatic rings. The smallest absolute Gasteiger partial charge is 0.319 e. The Morgan fingerprint density at radius 1 is 1.29 bits per heavy atom. The van der Waals surface area contributed by atoms with Gasteiger partial charge in [-0.2, -0.15) is 0 Å². The van der Waals surface area contributed by atoms with Crippen molar-refractivity contribution in [2.75, 3.05) is 26.9 Å². The second-order valence-electron chi connectivity index (χ2n) is 4.83. The average Bonchev–Trinajstić information content (AvgIpc) is 2.16. The Bertz CT molecular complexity index is 258. The molecule has 0 aromatic carbocycles. The molecule has 0 saturated carbocycles. The molecule has 0 rings (SSSR count). The van der Waals surface area contributed by atoms with Crippen LogP contribution in [0.4, 0.5) is 0 Å². The van der Waals surface area contributed by atoms with Crippen LogP contribution >= 0.6 is 0 Å². The Morgan fingerprint density at radius 2 is 1.88 bits per heavy atom. The van der Waals surface area contributed by atoms with E-state index < -0.39 is 17.3 Å². The molecule has 100 valence electrons. The zero-order valence-electron chi connectivity index (χ0n) is 11.3. The van der Waals surface area contributed by atoms with Crippen molar-refractivity contribution in [1.82, 2.24) is 5.32 Å². The van der Waals surface area contributed by atoms with Crippen molar-refractivity contribution < 1.29 is 19.1 Å². The lowest BCUT2D eigenvalue weighted by Crippen LogP contribution is -2.44. The highest BCUT2D eigenvalue weighted by Crippen LogP contribution is 2.27. The first-order valence-electron chi connectivity index (χ1n) is 5.77. The summed E-state index contributed by atoms with van der Waals surface area (Å²) in [5.74, 6) is -1.58. The average molecular weight is 245 g/mol. The minimum Gasteiger partial charge on any atom is -0.465 e. The highest BCUT2D eigenvalue weighted by Gasteiger charge is 2.38. The van der Waals surface area contributed by atoms with Crippen molar-refractivity contribution in [3.05, 3.63) is 0 Å². The number of rotatable bonds is 6. The largest absolute Gasteiger partial charge is 0.465 e. The number of hydrogen-bond acceptors (Lipinski definition) is 4. The van der Waals surface area contributed by atoms with Gasteiger partial charge in [0.15, 0.2) is 0 Å². The molecule has 1 unspecified atom stereocenters. The first-order valence-corrected chi connectivity index (χ1v) is 5.77. The van der Waals surface area contributed by atoms with Gasteiger partial charge in [-0.1, -0.05) is 20.8 Å². The second-order valence-corrected chi connectivity index (χ2v) is 4.83. The SMILES string of the molecule is CCOC(=O)C(C(=O)NCCOC)C(C)(C)C. The fourth-order valence-corrected chi connectivity index (χ4v) is 1.46. The van der Waals surface area contributed by atoms with Crippen LogP contribution in [0.5, 0.6) is 0 Å². The number of carbonyl (C=O) groups is 2. The normalized spacial score (nSPS) is 13.0. The number of hydrogen-bond donors (Lipinski definition) is 1. The molecule has 0 aromatic heterocycles. The summed E-state index contributed by atoms with van der Waals surface area (Å²) in [6, 6.07) is 0. The van der Waals surface area contributed by atoms with E-state index in [-0.39, 0.29) is 12.5 Å². The van der Waals surface area contributed by atoms with Crippen LogP contribution < -0.4 is 5.32 Å². The predicted octanol–water partition coefficient (Wildman–Crippen LogP) is 0.974. The van der Waals surface area contributed by atoms with Crippen LogP contribution in [0.25, 0.3) is 0 Å². The predicted molar refractivity (Wildman–Crippen MR) is 64.5 cm³/mol. The third-order valence-electron chi connectivity index (χ3n) is 2.26. The lowest BCUT2D eigenvalue weighted by molar-refractivity contribution is -0.156. The molecule has 0 spiro atoms. The van der Waals surface area contributed by atoms with Gasteiger partial charge in [0.1, 0.15) is 5.92 Å². The maximum absolute atomic E-state index is 11.9. The minimum absolute atomic E-state index is 0.275. The van der Waals surface area contributed by atoms with Crippen molar-refractivity contribution in [2.45, 2.75) is 27.7 Å². The van der Waals surface area contributed by atoms with Crippen LogP contribution in [0.1, 0.15) is 27.7 Å². The molecule has 0 bridgehead atoms. The van der Waals surface area contributed by atoms with Crippen LogP contribution in [0.3, 0.4) is 0 Å². The quantitative estimate of drug-likeness (QED) is 0.430. The summed E-state index contributed by atoms with van der Waals surface area (Å²) in [6.07, 6.45) is 0. The van der Waals surface area contributed by atoms with E-state index in [2.05, 4.69) is 5.32 Å². The van der Waals surface area contributed by atoms with Gasteiger partial charge in [0.25, 0.3) is 0 Å². The Morgan fingerprint density at radius 3 is 2.29 bits per heavy atom. The molecule has 1 N–H and O–H groups in total. The number of methoxy groups -OCH3 is 1. The highest BCUT2D eigenvalue weighted by molar-refractivity contribution is 5.98. The lowest BCUT2D eigenvalue weighted by atomic mass is 9.80. The van der Waals surface area contributed by atoms with Gasteiger partial charge in [0, 0.05) is 13.7 Å². The maximum atomic E-state index is 11.9. The van der Waals surface area contributed by atoms with Crippen LogP contribution in [0.2, 0.25) is 0 Å². The molecule has 0 saturated heterocycles. The van der Waals surface area contributed by atoms with E-state index in [4.69, 9.17) is 9.47 Å². The summed E-state index contributed by atoms with van der Waals surface area (Å²) in [5.41, 5.74) is -0.469. The second kappa shape index (κ2) is 7.27. The van der Waals surface area contributed by atoms with E-state index >= 15 is 0 Å². The molecule has 0 aliphatic carbocycles. The summed E-state index contributed by atoms with van der Waals surface area (Å²) in [4.78, 5) is 23.7. The lowest BCUT2D eigenvalue weighted by Gasteiger charge is -2.27. The van der Waals surface area contributed by atoms with E-state index in [9.17, 15) is 9.59 Å². The number of esters is 1. The third kappa shape index (κ3) is 5.68. The molecule has 0 fully saturated rings. The molecule has 1 atom stereocenters. The van der Waals surface area contributed by atoms with Crippen molar-refractivity contribution in [2.24, 2.45) is 11.3 Å². The monoisotopic (exact) mass is 245 g/mol. The van der Waals surface area contributed by atoms with E-state index in [1.165, 1.54) is 0 Å². The van der Waals surface area contributed by atoms with Crippen molar-refractivity contribution in [3.63, 3.8) is 0 Å². The van der Waals surface area contributed by atoms with E-state index in [0.717, 1.165) is 0 Å². The first kappa shape index (κ1) is 15.9. The number of ether oxygens (including phenoxy) is 2. The van der Waals surface area contributed by atoms with Crippen LogP contribution in [0.15, 0.2) is 0 Å². The maximum Gasteiger partial charge on any atom is 0.319 e. The molecule has 5 nitrogen and oxygen atoms in total. The fraction of sp³-hybridized carbons (Fsp3) is 0.833. The van der Waals surface area contributed by atoms with Gasteiger partial charge < -0.3 is 14.8 Å². The van der Waals surface area contributed by atoms with Gasteiger partial charge in [0.2, 0.25) is 5.91 Å². The molecule has 0 radical (unpaired) electrons. The Balaban J connectivity index is 4.58. The Hall–Kier alpha value is -1.10. The summed E-state index contributed by atoms with van der Waals surface area (Å²) in [7, 11) is 1.55. The number of carbonyl (C=O) groups excluding carboxylic acids is 2. The van der Waals surface area contributed by atoms with Gasteiger partial charge in [-0.25, -0.2) is 0 Å². The van der Waals surface area contributed by atoms with Gasteiger partial charge in [0.05, 0.1) is 13.2 Å². The molecule has 5 heteroatoms. The summed E-state index contributed by atoms with van der Waals surface area (Å²) < 4.78 is 9.76. The standard InChI is InChI=1S/C12H23NO4/c1-6-17-11(15)9(12(2,3)4)10(14)13-7-8-16-5/h9H,6-8H2,1-5H3,(H,13,14). The van der Waals surface area contributed by atoms with E-state index in [0.29, 0.717) is 13.2 Å². The van der Waals surface area contributed by atoms with Crippen molar-refractivity contribution in [3.8, 4) is 0 Å². The molecular weight excluding hydrogens is 222 g/mol. The van der Waals surface area contributed by atoms with Crippen LogP contribution in [-0.2, 0) is 19.1 Å².